The number of aryl methyl sites for hydroxylation is 1. The van der Waals surface area contributed by atoms with Crippen molar-refractivity contribution in [2.75, 3.05) is 11.6 Å². The number of thioether (sulfide) groups is 1. The highest BCUT2D eigenvalue weighted by atomic mass is 35.5. The number of benzene rings is 2. The van der Waals surface area contributed by atoms with Gasteiger partial charge in [0.25, 0.3) is 5.69 Å². The van der Waals surface area contributed by atoms with Gasteiger partial charge in [-0.2, -0.15) is 0 Å². The van der Waals surface area contributed by atoms with Crippen LogP contribution in [0.25, 0.3) is 0 Å². The molecule has 0 aliphatic carbocycles. The van der Waals surface area contributed by atoms with Crippen molar-refractivity contribution in [3.63, 3.8) is 0 Å². The molecule has 2 aromatic carbocycles. The number of non-ortho nitro benzene ring substituents is 1. The van der Waals surface area contributed by atoms with E-state index in [0.717, 1.165) is 23.5 Å². The van der Waals surface area contributed by atoms with Gasteiger partial charge in [0, 0.05) is 17.0 Å². The van der Waals surface area contributed by atoms with Crippen molar-refractivity contribution in [2.24, 2.45) is 10.7 Å². The zero-order chi connectivity index (χ0) is 17.4. The molecule has 2 rings (SSSR count). The third-order valence-corrected chi connectivity index (χ3v) is 4.55. The van der Waals surface area contributed by atoms with Gasteiger partial charge >= 0.3 is 0 Å². The molecule has 7 heteroatoms. The third kappa shape index (κ3) is 5.86. The van der Waals surface area contributed by atoms with Crippen molar-refractivity contribution < 1.29 is 4.92 Å². The molecule has 0 amide bonds. The number of nitrogens with two attached hydrogens (primary N) is 1. The minimum atomic E-state index is -0.427. The first-order valence-electron chi connectivity index (χ1n) is 7.43. The van der Waals surface area contributed by atoms with Gasteiger partial charge in [-0.05, 0) is 30.2 Å². The summed E-state index contributed by atoms with van der Waals surface area (Å²) in [6.07, 6.45) is 1.97. The maximum absolute atomic E-state index is 11.1. The van der Waals surface area contributed by atoms with Gasteiger partial charge in [-0.3, -0.25) is 10.1 Å². The van der Waals surface area contributed by atoms with E-state index in [0.29, 0.717) is 5.69 Å². The number of hydrogen-bond donors (Lipinski definition) is 1. The number of halogens is 1. The second-order valence-electron chi connectivity index (χ2n) is 5.12. The lowest BCUT2D eigenvalue weighted by Gasteiger charge is -2.05. The van der Waals surface area contributed by atoms with Crippen molar-refractivity contribution in [2.45, 2.75) is 17.7 Å². The van der Waals surface area contributed by atoms with E-state index in [9.17, 15) is 10.1 Å². The van der Waals surface area contributed by atoms with Crippen LogP contribution in [-0.2, 0) is 6.42 Å². The summed E-state index contributed by atoms with van der Waals surface area (Å²) >= 11 is 7.18. The predicted molar refractivity (Wildman–Crippen MR) is 101 cm³/mol. The summed E-state index contributed by atoms with van der Waals surface area (Å²) in [5, 5.41) is 11.1. The predicted octanol–water partition coefficient (Wildman–Crippen LogP) is 4.55. The maximum atomic E-state index is 11.1. The second kappa shape index (κ2) is 9.30. The van der Waals surface area contributed by atoms with Crippen molar-refractivity contribution in [1.82, 2.24) is 0 Å². The fourth-order valence-corrected chi connectivity index (χ4v) is 3.12. The van der Waals surface area contributed by atoms with Crippen LogP contribution >= 0.6 is 23.4 Å². The molecular weight excluding hydrogens is 346 g/mol. The number of amidine groups is 1. The first kappa shape index (κ1) is 18.3. The highest BCUT2D eigenvalue weighted by Crippen LogP contribution is 2.30. The molecule has 0 saturated heterocycles. The number of hydrogen-bond acceptors (Lipinski definition) is 4. The van der Waals surface area contributed by atoms with E-state index in [-0.39, 0.29) is 17.4 Å². The van der Waals surface area contributed by atoms with Crippen molar-refractivity contribution in [1.29, 1.82) is 0 Å². The molecule has 0 aliphatic heterocycles. The van der Waals surface area contributed by atoms with Gasteiger partial charge in [0.15, 0.2) is 0 Å². The van der Waals surface area contributed by atoms with Gasteiger partial charge < -0.3 is 5.73 Å². The lowest BCUT2D eigenvalue weighted by atomic mass is 10.1. The summed E-state index contributed by atoms with van der Waals surface area (Å²) in [5.74, 6) is 1.18. The molecule has 126 valence electrons. The monoisotopic (exact) mass is 363 g/mol. The van der Waals surface area contributed by atoms with Gasteiger partial charge in [-0.1, -0.05) is 30.3 Å². The summed E-state index contributed by atoms with van der Waals surface area (Å²) in [5.41, 5.74) is 7.35. The fourth-order valence-electron chi connectivity index (χ4n) is 2.13. The Morgan fingerprint density at radius 1 is 1.25 bits per heavy atom. The molecule has 0 radical (unpaired) electrons. The van der Waals surface area contributed by atoms with Crippen LogP contribution in [0.15, 0.2) is 58.4 Å². The molecule has 0 fully saturated rings. The summed E-state index contributed by atoms with van der Waals surface area (Å²) in [4.78, 5) is 15.5. The third-order valence-electron chi connectivity index (χ3n) is 3.22. The minimum absolute atomic E-state index is 0.00387. The molecule has 0 bridgehead atoms. The van der Waals surface area contributed by atoms with Crippen molar-refractivity contribution in [3.8, 4) is 0 Å². The Labute approximate surface area is 150 Å². The van der Waals surface area contributed by atoms with Gasteiger partial charge in [-0.15, -0.1) is 23.4 Å². The molecule has 0 aromatic heterocycles. The quantitative estimate of drug-likeness (QED) is 0.142. The zero-order valence-corrected chi connectivity index (χ0v) is 14.6. The van der Waals surface area contributed by atoms with Crippen LogP contribution in [0.4, 0.5) is 11.4 Å². The molecule has 0 spiro atoms. The van der Waals surface area contributed by atoms with Crippen molar-refractivity contribution in [3.05, 3.63) is 64.2 Å². The van der Waals surface area contributed by atoms with Crippen LogP contribution in [-0.4, -0.2) is 22.4 Å². The number of nitro benzene ring substituents is 1. The number of rotatable bonds is 8. The smallest absolute Gasteiger partial charge is 0.272 e. The Bertz CT molecular complexity index is 723. The van der Waals surface area contributed by atoms with Crippen LogP contribution in [0.5, 0.6) is 0 Å². The number of nitro groups is 1. The average molecular weight is 364 g/mol. The lowest BCUT2D eigenvalue weighted by molar-refractivity contribution is -0.385. The van der Waals surface area contributed by atoms with E-state index in [1.165, 1.54) is 11.6 Å². The first-order chi connectivity index (χ1) is 11.6. The summed E-state index contributed by atoms with van der Waals surface area (Å²) in [7, 11) is 0. The summed E-state index contributed by atoms with van der Waals surface area (Å²) in [6.45, 7) is 0. The average Bonchev–Trinajstić information content (AvgIpc) is 2.59. The van der Waals surface area contributed by atoms with Crippen LogP contribution in [0.3, 0.4) is 0 Å². The van der Waals surface area contributed by atoms with E-state index in [4.69, 9.17) is 17.3 Å². The normalized spacial score (nSPS) is 11.5. The van der Waals surface area contributed by atoms with E-state index >= 15 is 0 Å². The van der Waals surface area contributed by atoms with E-state index < -0.39 is 4.92 Å². The van der Waals surface area contributed by atoms with Gasteiger partial charge in [0.1, 0.15) is 5.84 Å². The topological polar surface area (TPSA) is 81.5 Å². The van der Waals surface area contributed by atoms with Gasteiger partial charge in [-0.25, -0.2) is 4.99 Å². The zero-order valence-electron chi connectivity index (χ0n) is 13.0. The Balaban J connectivity index is 2.01. The molecule has 0 saturated carbocycles. The molecule has 0 heterocycles. The SMILES string of the molecule is NC(CCl)=Nc1cc(SCCCc2ccccc2)cc([N+](=O)[O-])c1. The van der Waals surface area contributed by atoms with E-state index in [2.05, 4.69) is 17.1 Å². The second-order valence-corrected chi connectivity index (χ2v) is 6.55. The van der Waals surface area contributed by atoms with Crippen LogP contribution in [0.2, 0.25) is 0 Å². The molecule has 2 N–H and O–H groups in total. The fraction of sp³-hybridized carbons (Fsp3) is 0.235. The highest BCUT2D eigenvalue weighted by molar-refractivity contribution is 7.99. The number of aliphatic imine (C=N–C) groups is 1. The lowest BCUT2D eigenvalue weighted by Crippen LogP contribution is -2.12. The molecular formula is C17H18ClN3O2S. The Morgan fingerprint density at radius 2 is 2.00 bits per heavy atom. The van der Waals surface area contributed by atoms with E-state index in [1.54, 1.807) is 23.9 Å². The van der Waals surface area contributed by atoms with Crippen molar-refractivity contribution >= 4 is 40.6 Å². The maximum Gasteiger partial charge on any atom is 0.272 e. The molecule has 2 aromatic rings. The molecule has 5 nitrogen and oxygen atoms in total. The number of nitrogens with zero attached hydrogens (tertiary/aromatic N) is 2. The summed E-state index contributed by atoms with van der Waals surface area (Å²) in [6, 6.07) is 15.0. The molecule has 0 unspecified atom stereocenters. The van der Waals surface area contributed by atoms with Gasteiger partial charge in [0.05, 0.1) is 16.5 Å². The summed E-state index contributed by atoms with van der Waals surface area (Å²) < 4.78 is 0. The highest BCUT2D eigenvalue weighted by Gasteiger charge is 2.10. The number of alkyl halides is 1. The van der Waals surface area contributed by atoms with E-state index in [1.807, 2.05) is 18.2 Å². The van der Waals surface area contributed by atoms with Crippen LogP contribution in [0, 0.1) is 10.1 Å². The Hall–Kier alpha value is -2.05. The largest absolute Gasteiger partial charge is 0.386 e. The van der Waals surface area contributed by atoms with Crippen LogP contribution in [0.1, 0.15) is 12.0 Å². The molecule has 0 aliphatic rings. The van der Waals surface area contributed by atoms with Gasteiger partial charge in [0.2, 0.25) is 0 Å². The first-order valence-corrected chi connectivity index (χ1v) is 8.95. The minimum Gasteiger partial charge on any atom is -0.386 e. The molecule has 0 atom stereocenters. The Morgan fingerprint density at radius 3 is 2.67 bits per heavy atom. The van der Waals surface area contributed by atoms with Crippen LogP contribution < -0.4 is 5.73 Å². The molecule has 24 heavy (non-hydrogen) atoms. The standard InChI is InChI=1S/C17H18ClN3O2S/c18-12-17(19)20-14-9-15(21(22)23)11-16(10-14)24-8-4-7-13-5-2-1-3-6-13/h1-3,5-6,9-11H,4,7-8,12H2,(H2,19,20). The Kier molecular flexibility index (Phi) is 7.08.